The maximum absolute atomic E-state index is 8.84. The van der Waals surface area contributed by atoms with Crippen molar-refractivity contribution in [1.29, 1.82) is 5.26 Å². The molecule has 4 heteroatoms. The number of nitrogens with one attached hydrogen (secondary N) is 1. The molecule has 0 atom stereocenters. The Hall–Kier alpha value is -2.18. The van der Waals surface area contributed by atoms with Crippen LogP contribution >= 0.6 is 11.6 Å². The largest absolute Gasteiger partial charge is 0.397 e. The van der Waals surface area contributed by atoms with Gasteiger partial charge in [0.1, 0.15) is 0 Å². The Morgan fingerprint density at radius 2 is 2.06 bits per heavy atom. The first-order valence-electron chi connectivity index (χ1n) is 5.43. The zero-order valence-electron chi connectivity index (χ0n) is 9.87. The smallest absolute Gasteiger partial charge is 0.0992 e. The quantitative estimate of drug-likeness (QED) is 0.804. The Bertz CT molecular complexity index is 629. The summed E-state index contributed by atoms with van der Waals surface area (Å²) in [6, 6.07) is 12.9. The van der Waals surface area contributed by atoms with Gasteiger partial charge in [-0.25, -0.2) is 0 Å². The van der Waals surface area contributed by atoms with Crippen LogP contribution in [-0.2, 0) is 0 Å². The van der Waals surface area contributed by atoms with Crippen LogP contribution in [0, 0.1) is 18.3 Å². The van der Waals surface area contributed by atoms with E-state index >= 15 is 0 Å². The number of anilines is 3. The monoisotopic (exact) mass is 257 g/mol. The van der Waals surface area contributed by atoms with Crippen LogP contribution in [0.1, 0.15) is 11.1 Å². The van der Waals surface area contributed by atoms with Crippen LogP contribution in [0.15, 0.2) is 36.4 Å². The van der Waals surface area contributed by atoms with Gasteiger partial charge in [0.2, 0.25) is 0 Å². The van der Waals surface area contributed by atoms with Gasteiger partial charge in [-0.3, -0.25) is 0 Å². The number of benzene rings is 2. The highest BCUT2D eigenvalue weighted by molar-refractivity contribution is 6.31. The first-order valence-corrected chi connectivity index (χ1v) is 5.81. The van der Waals surface area contributed by atoms with Crippen molar-refractivity contribution in [2.24, 2.45) is 0 Å². The molecule has 2 rings (SSSR count). The lowest BCUT2D eigenvalue weighted by atomic mass is 10.1. The topological polar surface area (TPSA) is 61.8 Å². The molecular weight excluding hydrogens is 246 g/mol. The Balaban J connectivity index is 2.34. The second-order valence-corrected chi connectivity index (χ2v) is 4.41. The highest BCUT2D eigenvalue weighted by Gasteiger charge is 2.04. The summed E-state index contributed by atoms with van der Waals surface area (Å²) in [6.07, 6.45) is 0. The molecule has 0 aliphatic heterocycles. The molecule has 0 radical (unpaired) electrons. The van der Waals surface area contributed by atoms with Crippen LogP contribution in [0.5, 0.6) is 0 Å². The summed E-state index contributed by atoms with van der Waals surface area (Å²) < 4.78 is 0. The third-order valence-electron chi connectivity index (χ3n) is 2.60. The second kappa shape index (κ2) is 4.99. The molecule has 18 heavy (non-hydrogen) atoms. The van der Waals surface area contributed by atoms with Gasteiger partial charge in [-0.2, -0.15) is 5.26 Å². The third-order valence-corrected chi connectivity index (χ3v) is 3.01. The maximum atomic E-state index is 8.84. The van der Waals surface area contributed by atoms with Crippen LogP contribution < -0.4 is 11.1 Å². The number of halogens is 1. The van der Waals surface area contributed by atoms with E-state index in [0.29, 0.717) is 16.3 Å². The molecule has 3 N–H and O–H groups in total. The number of nitriles is 1. The molecule has 0 saturated carbocycles. The van der Waals surface area contributed by atoms with Gasteiger partial charge in [0.15, 0.2) is 0 Å². The highest BCUT2D eigenvalue weighted by Crippen LogP contribution is 2.29. The molecule has 0 fully saturated rings. The molecule has 0 bridgehead atoms. The number of rotatable bonds is 2. The molecule has 0 unspecified atom stereocenters. The second-order valence-electron chi connectivity index (χ2n) is 4.01. The van der Waals surface area contributed by atoms with Gasteiger partial charge in [0.25, 0.3) is 0 Å². The predicted molar refractivity (Wildman–Crippen MR) is 75.0 cm³/mol. The first-order chi connectivity index (χ1) is 8.60. The summed E-state index contributed by atoms with van der Waals surface area (Å²) in [5.41, 5.74) is 9.63. The molecule has 90 valence electrons. The third kappa shape index (κ3) is 2.55. The SMILES string of the molecule is Cc1cc(Nc2cccc(C#N)c2)c(N)cc1Cl. The van der Waals surface area contributed by atoms with Crippen molar-refractivity contribution < 1.29 is 0 Å². The van der Waals surface area contributed by atoms with Crippen LogP contribution in [0.2, 0.25) is 5.02 Å². The van der Waals surface area contributed by atoms with Crippen molar-refractivity contribution in [1.82, 2.24) is 0 Å². The average Bonchev–Trinajstić information content (AvgIpc) is 2.36. The van der Waals surface area contributed by atoms with Crippen LogP contribution in [0.4, 0.5) is 17.1 Å². The van der Waals surface area contributed by atoms with Crippen molar-refractivity contribution >= 4 is 28.7 Å². The van der Waals surface area contributed by atoms with E-state index in [4.69, 9.17) is 22.6 Å². The van der Waals surface area contributed by atoms with E-state index in [1.165, 1.54) is 0 Å². The number of nitrogens with zero attached hydrogens (tertiary/aromatic N) is 1. The summed E-state index contributed by atoms with van der Waals surface area (Å²) in [5.74, 6) is 0. The Morgan fingerprint density at radius 1 is 1.28 bits per heavy atom. The van der Waals surface area contributed by atoms with Gasteiger partial charge in [0, 0.05) is 10.7 Å². The van der Waals surface area contributed by atoms with E-state index in [0.717, 1.165) is 16.9 Å². The fourth-order valence-corrected chi connectivity index (χ4v) is 1.80. The molecule has 3 nitrogen and oxygen atoms in total. The summed E-state index contributed by atoms with van der Waals surface area (Å²) in [4.78, 5) is 0. The lowest BCUT2D eigenvalue weighted by Gasteiger charge is -2.11. The number of hydrogen-bond acceptors (Lipinski definition) is 3. The summed E-state index contributed by atoms with van der Waals surface area (Å²) in [5, 5.41) is 12.7. The van der Waals surface area contributed by atoms with Crippen LogP contribution in [0.3, 0.4) is 0 Å². The fraction of sp³-hybridized carbons (Fsp3) is 0.0714. The Labute approximate surface area is 111 Å². The Kier molecular flexibility index (Phi) is 3.40. The van der Waals surface area contributed by atoms with Crippen molar-refractivity contribution in [2.75, 3.05) is 11.1 Å². The standard InChI is InChI=1S/C14H12ClN3/c1-9-5-14(13(17)7-12(9)15)18-11-4-2-3-10(6-11)8-16/h2-7,18H,17H2,1H3. The van der Waals surface area contributed by atoms with Gasteiger partial charge >= 0.3 is 0 Å². The zero-order valence-corrected chi connectivity index (χ0v) is 10.6. The maximum Gasteiger partial charge on any atom is 0.0992 e. The Morgan fingerprint density at radius 3 is 2.78 bits per heavy atom. The number of nitrogen functional groups attached to an aromatic ring is 1. The molecule has 0 aromatic heterocycles. The minimum absolute atomic E-state index is 0.577. The number of hydrogen-bond donors (Lipinski definition) is 2. The molecule has 0 aliphatic carbocycles. The minimum Gasteiger partial charge on any atom is -0.397 e. The molecule has 0 heterocycles. The number of nitrogens with two attached hydrogens (primary N) is 1. The fourth-order valence-electron chi connectivity index (χ4n) is 1.63. The normalized spacial score (nSPS) is 9.83. The summed E-state index contributed by atoms with van der Waals surface area (Å²) >= 11 is 5.99. The van der Waals surface area contributed by atoms with E-state index in [1.54, 1.807) is 18.2 Å². The molecule has 2 aromatic rings. The lowest BCUT2D eigenvalue weighted by Crippen LogP contribution is -1.97. The first kappa shape index (κ1) is 12.3. The van der Waals surface area contributed by atoms with Crippen molar-refractivity contribution in [3.8, 4) is 6.07 Å². The lowest BCUT2D eigenvalue weighted by molar-refractivity contribution is 1.44. The molecule has 0 amide bonds. The van der Waals surface area contributed by atoms with Gasteiger partial charge in [-0.05, 0) is 42.8 Å². The predicted octanol–water partition coefficient (Wildman–Crippen LogP) is 3.85. The summed E-state index contributed by atoms with van der Waals surface area (Å²) in [6.45, 7) is 1.92. The van der Waals surface area contributed by atoms with Crippen molar-refractivity contribution in [2.45, 2.75) is 6.92 Å². The zero-order chi connectivity index (χ0) is 13.1. The number of aryl methyl sites for hydroxylation is 1. The highest BCUT2D eigenvalue weighted by atomic mass is 35.5. The van der Waals surface area contributed by atoms with Gasteiger partial charge in [-0.15, -0.1) is 0 Å². The van der Waals surface area contributed by atoms with Gasteiger partial charge < -0.3 is 11.1 Å². The van der Waals surface area contributed by atoms with Crippen molar-refractivity contribution in [3.63, 3.8) is 0 Å². The van der Waals surface area contributed by atoms with E-state index in [9.17, 15) is 0 Å². The van der Waals surface area contributed by atoms with E-state index in [2.05, 4.69) is 11.4 Å². The average molecular weight is 258 g/mol. The van der Waals surface area contributed by atoms with E-state index in [-0.39, 0.29) is 0 Å². The molecule has 0 spiro atoms. The van der Waals surface area contributed by atoms with Crippen molar-refractivity contribution in [3.05, 3.63) is 52.5 Å². The van der Waals surface area contributed by atoms with Gasteiger partial charge in [-0.1, -0.05) is 17.7 Å². The van der Waals surface area contributed by atoms with E-state index < -0.39 is 0 Å². The molecular formula is C14H12ClN3. The van der Waals surface area contributed by atoms with E-state index in [1.807, 2.05) is 25.1 Å². The van der Waals surface area contributed by atoms with Crippen LogP contribution in [-0.4, -0.2) is 0 Å². The van der Waals surface area contributed by atoms with Gasteiger partial charge in [0.05, 0.1) is 23.0 Å². The molecule has 0 saturated heterocycles. The minimum atomic E-state index is 0.577. The molecule has 0 aliphatic rings. The van der Waals surface area contributed by atoms with Crippen LogP contribution in [0.25, 0.3) is 0 Å². The summed E-state index contributed by atoms with van der Waals surface area (Å²) in [7, 11) is 0. The molecule has 2 aromatic carbocycles.